The molecular weight excluding hydrogens is 552 g/mol. The van der Waals surface area contributed by atoms with Crippen molar-refractivity contribution in [2.24, 2.45) is 4.99 Å². The molecule has 3 aromatic carbocycles. The first-order chi connectivity index (χ1) is 20.1. The smallest absolute Gasteiger partial charge is 0.254 e. The average molecular weight is 587 g/mol. The molecule has 1 amide bonds. The van der Waals surface area contributed by atoms with Crippen molar-refractivity contribution >= 4 is 50.8 Å². The molecule has 2 aliphatic carbocycles. The van der Waals surface area contributed by atoms with Crippen molar-refractivity contribution in [1.82, 2.24) is 5.32 Å². The normalized spacial score (nSPS) is 15.7. The fourth-order valence-corrected chi connectivity index (χ4v) is 7.54. The maximum atomic E-state index is 13.5. The van der Waals surface area contributed by atoms with Gasteiger partial charge in [0.2, 0.25) is 0 Å². The predicted octanol–water partition coefficient (Wildman–Crippen LogP) is 8.83. The molecule has 2 aliphatic rings. The number of hydrogen-bond donors (Lipinski definition) is 1. The number of hydrogen-bond acceptors (Lipinski definition) is 5. The summed E-state index contributed by atoms with van der Waals surface area (Å²) in [7, 11) is 1.61. The van der Waals surface area contributed by atoms with E-state index in [0.29, 0.717) is 23.1 Å². The van der Waals surface area contributed by atoms with E-state index in [1.165, 1.54) is 35.1 Å². The summed E-state index contributed by atoms with van der Waals surface area (Å²) in [6.07, 6.45) is 11.7. The zero-order valence-electron chi connectivity index (χ0n) is 23.4. The second-order valence-corrected chi connectivity index (χ2v) is 12.4. The number of benzene rings is 3. The van der Waals surface area contributed by atoms with Gasteiger partial charge in [-0.3, -0.25) is 4.79 Å². The lowest BCUT2D eigenvalue weighted by Crippen LogP contribution is -2.36. The molecule has 41 heavy (non-hydrogen) atoms. The summed E-state index contributed by atoms with van der Waals surface area (Å²) in [4.78, 5) is 19.7. The minimum Gasteiger partial charge on any atom is -0.493 e. The Morgan fingerprint density at radius 2 is 1.85 bits per heavy atom. The molecule has 6 rings (SSSR count). The average Bonchev–Trinajstić information content (AvgIpc) is 3.38. The van der Waals surface area contributed by atoms with Gasteiger partial charge in [-0.15, -0.1) is 11.3 Å². The lowest BCUT2D eigenvalue weighted by molar-refractivity contribution is 0.0927. The van der Waals surface area contributed by atoms with Crippen LogP contribution in [0.3, 0.4) is 0 Å². The molecule has 1 aromatic heterocycles. The first-order valence-corrected chi connectivity index (χ1v) is 15.8. The summed E-state index contributed by atoms with van der Waals surface area (Å²) >= 11 is 8.37. The highest BCUT2D eigenvalue weighted by Gasteiger charge is 2.27. The number of carbonyl (C=O) groups excluding carboxylic acids is 1. The standard InChI is InChI=1S/C34H35ClN2O3S/c1-39-29-19-22(18-28(35)32(29)40-21-24-12-9-11-23-10-5-6-15-26(23)24)20-36-34-31(27-16-7-8-17-30(27)41-34)33(38)37-25-13-3-2-4-14-25/h5-6,9-12,15,18-20,25H,2-4,7-8,13-14,16-17,21H2,1H3,(H,37,38). The number of methoxy groups -OCH3 is 1. The Bertz CT molecular complexity index is 1580. The van der Waals surface area contributed by atoms with Gasteiger partial charge in [0, 0.05) is 17.1 Å². The van der Waals surface area contributed by atoms with E-state index >= 15 is 0 Å². The number of aryl methyl sites for hydroxylation is 1. The molecule has 7 heteroatoms. The molecule has 0 atom stereocenters. The topological polar surface area (TPSA) is 59.9 Å². The van der Waals surface area contributed by atoms with Crippen LogP contribution >= 0.6 is 22.9 Å². The van der Waals surface area contributed by atoms with Gasteiger partial charge in [0.1, 0.15) is 11.6 Å². The molecule has 0 unspecified atom stereocenters. The molecule has 0 radical (unpaired) electrons. The molecule has 4 aromatic rings. The number of nitrogens with one attached hydrogen (secondary N) is 1. The van der Waals surface area contributed by atoms with E-state index in [1.807, 2.05) is 30.3 Å². The van der Waals surface area contributed by atoms with E-state index < -0.39 is 0 Å². The van der Waals surface area contributed by atoms with Crippen LogP contribution in [0.5, 0.6) is 11.5 Å². The van der Waals surface area contributed by atoms with Gasteiger partial charge < -0.3 is 14.8 Å². The fraction of sp³-hybridized carbons (Fsp3) is 0.353. The van der Waals surface area contributed by atoms with Gasteiger partial charge in [-0.25, -0.2) is 4.99 Å². The molecule has 0 aliphatic heterocycles. The highest BCUT2D eigenvalue weighted by Crippen LogP contribution is 2.41. The molecule has 0 saturated heterocycles. The minimum absolute atomic E-state index is 0.0243. The Morgan fingerprint density at radius 1 is 1.05 bits per heavy atom. The fourth-order valence-electron chi connectivity index (χ4n) is 6.04. The van der Waals surface area contributed by atoms with Gasteiger partial charge in [-0.1, -0.05) is 73.3 Å². The first kappa shape index (κ1) is 27.8. The van der Waals surface area contributed by atoms with Crippen LogP contribution in [0.4, 0.5) is 5.00 Å². The quantitative estimate of drug-likeness (QED) is 0.210. The van der Waals surface area contributed by atoms with Gasteiger partial charge in [-0.2, -0.15) is 0 Å². The maximum Gasteiger partial charge on any atom is 0.254 e. The van der Waals surface area contributed by atoms with E-state index in [-0.39, 0.29) is 11.9 Å². The Labute approximate surface area is 250 Å². The molecule has 0 spiro atoms. The summed E-state index contributed by atoms with van der Waals surface area (Å²) in [5, 5.41) is 6.86. The monoisotopic (exact) mass is 586 g/mol. The number of halogens is 1. The minimum atomic E-state index is 0.0243. The number of amides is 1. The molecule has 212 valence electrons. The third-order valence-electron chi connectivity index (χ3n) is 8.15. The van der Waals surface area contributed by atoms with Crippen molar-refractivity contribution < 1.29 is 14.3 Å². The van der Waals surface area contributed by atoms with Crippen LogP contribution in [0, 0.1) is 0 Å². The van der Waals surface area contributed by atoms with Crippen LogP contribution in [-0.2, 0) is 19.4 Å². The Kier molecular flexibility index (Phi) is 8.59. The molecule has 1 saturated carbocycles. The van der Waals surface area contributed by atoms with Crippen molar-refractivity contribution in [3.8, 4) is 11.5 Å². The van der Waals surface area contributed by atoms with Crippen LogP contribution in [0.25, 0.3) is 10.8 Å². The SMILES string of the molecule is COc1cc(C=Nc2sc3c(c2C(=O)NC2CCCCC2)CCCC3)cc(Cl)c1OCc1cccc2ccccc12. The molecule has 1 N–H and O–H groups in total. The zero-order valence-corrected chi connectivity index (χ0v) is 25.0. The van der Waals surface area contributed by atoms with Crippen LogP contribution in [0.2, 0.25) is 5.02 Å². The van der Waals surface area contributed by atoms with Gasteiger partial charge >= 0.3 is 0 Å². The zero-order chi connectivity index (χ0) is 28.2. The van der Waals surface area contributed by atoms with Crippen LogP contribution < -0.4 is 14.8 Å². The lowest BCUT2D eigenvalue weighted by Gasteiger charge is -2.23. The summed E-state index contributed by atoms with van der Waals surface area (Å²) in [5.74, 6) is 1.06. The van der Waals surface area contributed by atoms with E-state index in [2.05, 4.69) is 29.6 Å². The third kappa shape index (κ3) is 6.14. The van der Waals surface area contributed by atoms with E-state index in [4.69, 9.17) is 26.1 Å². The molecule has 0 bridgehead atoms. The first-order valence-electron chi connectivity index (χ1n) is 14.6. The second-order valence-electron chi connectivity index (χ2n) is 10.9. The number of nitrogens with zero attached hydrogens (tertiary/aromatic N) is 1. The van der Waals surface area contributed by atoms with E-state index in [9.17, 15) is 4.79 Å². The van der Waals surface area contributed by atoms with Gasteiger partial charge in [0.25, 0.3) is 5.91 Å². The molecule has 5 nitrogen and oxygen atoms in total. The summed E-state index contributed by atoms with van der Waals surface area (Å²) in [5.41, 5.74) is 3.82. The second kappa shape index (κ2) is 12.7. The highest BCUT2D eigenvalue weighted by atomic mass is 35.5. The molecule has 1 fully saturated rings. The van der Waals surface area contributed by atoms with E-state index in [0.717, 1.165) is 65.6 Å². The van der Waals surface area contributed by atoms with Crippen LogP contribution in [0.1, 0.15) is 76.9 Å². The van der Waals surface area contributed by atoms with E-state index in [1.54, 1.807) is 24.7 Å². The van der Waals surface area contributed by atoms with Crippen molar-refractivity contribution in [1.29, 1.82) is 0 Å². The summed E-state index contributed by atoms with van der Waals surface area (Å²) in [6, 6.07) is 18.4. The summed E-state index contributed by atoms with van der Waals surface area (Å²) < 4.78 is 11.9. The van der Waals surface area contributed by atoms with Crippen molar-refractivity contribution in [3.05, 3.63) is 86.8 Å². The van der Waals surface area contributed by atoms with Gasteiger partial charge in [0.05, 0.1) is 17.7 Å². The number of rotatable bonds is 8. The largest absolute Gasteiger partial charge is 0.493 e. The van der Waals surface area contributed by atoms with Crippen LogP contribution in [0.15, 0.2) is 59.6 Å². The summed E-state index contributed by atoms with van der Waals surface area (Å²) in [6.45, 7) is 0.366. The van der Waals surface area contributed by atoms with Crippen molar-refractivity contribution in [2.45, 2.75) is 70.4 Å². The number of thiophene rings is 1. The molecular formula is C34H35ClN2O3S. The van der Waals surface area contributed by atoms with Crippen LogP contribution in [-0.4, -0.2) is 25.3 Å². The van der Waals surface area contributed by atoms with Gasteiger partial charge in [-0.05, 0) is 78.1 Å². The number of ether oxygens (including phenoxy) is 2. The predicted molar refractivity (Wildman–Crippen MR) is 169 cm³/mol. The highest BCUT2D eigenvalue weighted by molar-refractivity contribution is 7.16. The Morgan fingerprint density at radius 3 is 2.71 bits per heavy atom. The third-order valence-corrected chi connectivity index (χ3v) is 9.64. The maximum absolute atomic E-state index is 13.5. The number of aliphatic imine (C=N–C) groups is 1. The van der Waals surface area contributed by atoms with Crippen molar-refractivity contribution in [3.63, 3.8) is 0 Å². The van der Waals surface area contributed by atoms with Crippen molar-refractivity contribution in [2.75, 3.05) is 7.11 Å². The lowest BCUT2D eigenvalue weighted by atomic mass is 9.93. The number of carbonyl (C=O) groups is 1. The Hall–Kier alpha value is -3.35. The molecule has 1 heterocycles. The number of fused-ring (bicyclic) bond motifs is 2. The Balaban J connectivity index is 1.24. The van der Waals surface area contributed by atoms with Gasteiger partial charge in [0.15, 0.2) is 11.5 Å².